The SMILES string of the molecule is O=C(O)C(F)(OC(O)(F)F)C(F)(F)F. The van der Waals surface area contributed by atoms with E-state index in [1.54, 1.807) is 0 Å². The second kappa shape index (κ2) is 3.28. The van der Waals surface area contributed by atoms with Crippen LogP contribution in [0.3, 0.4) is 0 Å². The minimum absolute atomic E-state index is 2.08. The fraction of sp³-hybridized carbons (Fsp3) is 0.750. The van der Waals surface area contributed by atoms with Crippen molar-refractivity contribution in [3.8, 4) is 0 Å². The summed E-state index contributed by atoms with van der Waals surface area (Å²) in [4.78, 5) is 9.68. The van der Waals surface area contributed by atoms with E-state index < -0.39 is 24.3 Å². The molecule has 10 heteroatoms. The lowest BCUT2D eigenvalue weighted by Gasteiger charge is -2.24. The number of carboxylic acids is 1. The van der Waals surface area contributed by atoms with E-state index in [0.29, 0.717) is 0 Å². The Morgan fingerprint density at radius 1 is 1.07 bits per heavy atom. The Balaban J connectivity index is 5.04. The van der Waals surface area contributed by atoms with Gasteiger partial charge in [-0.15, -0.1) is 8.78 Å². The molecule has 4 nitrogen and oxygen atoms in total. The smallest absolute Gasteiger partial charge is 0.477 e. The second-order valence-electron chi connectivity index (χ2n) is 1.99. The predicted molar refractivity (Wildman–Crippen MR) is 25.8 cm³/mol. The molecule has 0 bridgehead atoms. The van der Waals surface area contributed by atoms with E-state index in [9.17, 15) is 31.1 Å². The van der Waals surface area contributed by atoms with Crippen LogP contribution in [0.5, 0.6) is 0 Å². The Kier molecular flexibility index (Phi) is 3.03. The number of aliphatic carboxylic acids is 1. The van der Waals surface area contributed by atoms with Gasteiger partial charge in [-0.2, -0.15) is 17.6 Å². The summed E-state index contributed by atoms with van der Waals surface area (Å²) in [6, 6.07) is 0. The van der Waals surface area contributed by atoms with Crippen LogP contribution in [0, 0.1) is 0 Å². The van der Waals surface area contributed by atoms with E-state index in [0.717, 1.165) is 0 Å². The van der Waals surface area contributed by atoms with Gasteiger partial charge < -0.3 is 10.2 Å². The van der Waals surface area contributed by atoms with Crippen molar-refractivity contribution in [3.63, 3.8) is 0 Å². The van der Waals surface area contributed by atoms with Crippen LogP contribution >= 0.6 is 0 Å². The fourth-order valence-corrected chi connectivity index (χ4v) is 0.392. The Hall–Kier alpha value is -1.03. The summed E-state index contributed by atoms with van der Waals surface area (Å²) in [6.07, 6.45) is -11.8. The zero-order chi connectivity index (χ0) is 11.8. The lowest BCUT2D eigenvalue weighted by molar-refractivity contribution is -0.460. The Labute approximate surface area is 71.7 Å². The number of carboxylic acid groups (broad SMARTS) is 1. The highest BCUT2D eigenvalue weighted by Gasteiger charge is 2.68. The quantitative estimate of drug-likeness (QED) is 0.555. The molecule has 0 fully saturated rings. The number of rotatable bonds is 3. The molecule has 1 unspecified atom stereocenters. The first-order chi connectivity index (χ1) is 5.90. The summed E-state index contributed by atoms with van der Waals surface area (Å²) in [5.74, 6) is -9.01. The highest BCUT2D eigenvalue weighted by Crippen LogP contribution is 2.38. The van der Waals surface area contributed by atoms with Crippen molar-refractivity contribution in [3.05, 3.63) is 0 Å². The average Bonchev–Trinajstić information content (AvgIpc) is 1.79. The van der Waals surface area contributed by atoms with Crippen LogP contribution < -0.4 is 0 Å². The molecule has 0 amide bonds. The van der Waals surface area contributed by atoms with Gasteiger partial charge in [0.05, 0.1) is 0 Å². The van der Waals surface area contributed by atoms with E-state index in [1.165, 1.54) is 0 Å². The fourth-order valence-electron chi connectivity index (χ4n) is 0.392. The van der Waals surface area contributed by atoms with E-state index in [1.807, 2.05) is 0 Å². The minimum Gasteiger partial charge on any atom is -0.477 e. The number of alkyl halides is 6. The standard InChI is InChI=1S/C4H2F6O4/c5-2(1(11)12,3(6,7)8)14-4(9,10)13/h13H,(H,11,12). The summed E-state index contributed by atoms with van der Waals surface area (Å²) >= 11 is 0. The maximum Gasteiger partial charge on any atom is 0.486 e. The molecule has 0 rings (SSSR count). The number of carbonyl (C=O) groups is 1. The maximum absolute atomic E-state index is 12.3. The molecule has 0 aliphatic carbocycles. The normalized spacial score (nSPS) is 17.6. The number of aliphatic hydroxyl groups is 1. The molecule has 2 N–H and O–H groups in total. The van der Waals surface area contributed by atoms with Crippen molar-refractivity contribution in [1.82, 2.24) is 0 Å². The third kappa shape index (κ3) is 2.73. The zero-order valence-corrected chi connectivity index (χ0v) is 5.98. The van der Waals surface area contributed by atoms with Crippen LogP contribution in [0.25, 0.3) is 0 Å². The molecule has 0 aromatic rings. The molecular formula is C4H2F6O4. The Morgan fingerprint density at radius 3 is 1.50 bits per heavy atom. The van der Waals surface area contributed by atoms with Gasteiger partial charge in [0, 0.05) is 0 Å². The largest absolute Gasteiger partial charge is 0.486 e. The van der Waals surface area contributed by atoms with Crippen LogP contribution in [-0.4, -0.2) is 34.5 Å². The van der Waals surface area contributed by atoms with Crippen molar-refractivity contribution in [2.24, 2.45) is 0 Å². The molecule has 0 saturated heterocycles. The van der Waals surface area contributed by atoms with Crippen molar-refractivity contribution < 1.29 is 46.1 Å². The molecule has 0 aromatic carbocycles. The molecule has 0 saturated carbocycles. The maximum atomic E-state index is 12.3. The van der Waals surface area contributed by atoms with Gasteiger partial charge in [0.2, 0.25) is 0 Å². The number of hydrogen-bond donors (Lipinski definition) is 2. The van der Waals surface area contributed by atoms with Gasteiger partial charge in [-0.05, 0) is 0 Å². The third-order valence-electron chi connectivity index (χ3n) is 0.903. The molecule has 0 spiro atoms. The van der Waals surface area contributed by atoms with Gasteiger partial charge in [-0.3, -0.25) is 0 Å². The predicted octanol–water partition coefficient (Wildman–Crippen LogP) is 0.858. The van der Waals surface area contributed by atoms with E-state index in [2.05, 4.69) is 4.74 Å². The number of hydrogen-bond acceptors (Lipinski definition) is 3. The topological polar surface area (TPSA) is 66.8 Å². The molecule has 0 aromatic heterocycles. The number of halogens is 6. The zero-order valence-electron chi connectivity index (χ0n) is 5.98. The van der Waals surface area contributed by atoms with Gasteiger partial charge >= 0.3 is 24.3 Å². The summed E-state index contributed by atoms with van der Waals surface area (Å²) in [5, 5.41) is 15.1. The minimum atomic E-state index is -6.25. The van der Waals surface area contributed by atoms with E-state index in [-0.39, 0.29) is 0 Å². The Bertz CT molecular complexity index is 231. The first-order valence-electron chi connectivity index (χ1n) is 2.69. The monoisotopic (exact) mass is 228 g/mol. The molecule has 1 atom stereocenters. The molecular weight excluding hydrogens is 226 g/mol. The summed E-state index contributed by atoms with van der Waals surface area (Å²) in [7, 11) is 0. The molecule has 0 radical (unpaired) electrons. The molecule has 0 aliphatic heterocycles. The molecule has 14 heavy (non-hydrogen) atoms. The highest BCUT2D eigenvalue weighted by molar-refractivity contribution is 5.76. The number of ether oxygens (including phenoxy) is 1. The molecule has 84 valence electrons. The summed E-state index contributed by atoms with van der Waals surface area (Å²) < 4.78 is 72.0. The first kappa shape index (κ1) is 13.0. The van der Waals surface area contributed by atoms with Crippen LogP contribution in [0.15, 0.2) is 0 Å². The van der Waals surface area contributed by atoms with Crippen LogP contribution in [-0.2, 0) is 9.53 Å². The second-order valence-corrected chi connectivity index (χ2v) is 1.99. The van der Waals surface area contributed by atoms with Gasteiger partial charge in [-0.1, -0.05) is 0 Å². The van der Waals surface area contributed by atoms with E-state index in [4.69, 9.17) is 10.2 Å². The molecule has 0 aliphatic rings. The van der Waals surface area contributed by atoms with Crippen LogP contribution in [0.2, 0.25) is 0 Å². The van der Waals surface area contributed by atoms with Gasteiger partial charge in [-0.25, -0.2) is 9.53 Å². The van der Waals surface area contributed by atoms with Gasteiger partial charge in [0.1, 0.15) is 0 Å². The summed E-state index contributed by atoms with van der Waals surface area (Å²) in [6.45, 7) is 0. The highest BCUT2D eigenvalue weighted by atomic mass is 19.4. The molecule has 0 heterocycles. The van der Waals surface area contributed by atoms with Crippen LogP contribution in [0.4, 0.5) is 26.3 Å². The lowest BCUT2D eigenvalue weighted by atomic mass is 10.3. The van der Waals surface area contributed by atoms with Crippen molar-refractivity contribution in [2.75, 3.05) is 0 Å². The van der Waals surface area contributed by atoms with Crippen molar-refractivity contribution >= 4 is 5.97 Å². The van der Waals surface area contributed by atoms with E-state index >= 15 is 0 Å². The third-order valence-corrected chi connectivity index (χ3v) is 0.903. The summed E-state index contributed by atoms with van der Waals surface area (Å²) in [5.41, 5.74) is 0. The first-order valence-corrected chi connectivity index (χ1v) is 2.69. The van der Waals surface area contributed by atoms with Crippen LogP contribution in [0.1, 0.15) is 0 Å². The Morgan fingerprint density at radius 2 is 1.43 bits per heavy atom. The average molecular weight is 228 g/mol. The lowest BCUT2D eigenvalue weighted by Crippen LogP contribution is -2.53. The van der Waals surface area contributed by atoms with Crippen molar-refractivity contribution in [2.45, 2.75) is 18.3 Å². The van der Waals surface area contributed by atoms with Gasteiger partial charge in [0.25, 0.3) is 0 Å². The van der Waals surface area contributed by atoms with Crippen molar-refractivity contribution in [1.29, 1.82) is 0 Å². The van der Waals surface area contributed by atoms with Gasteiger partial charge in [0.15, 0.2) is 0 Å².